The van der Waals surface area contributed by atoms with Crippen molar-refractivity contribution in [3.8, 4) is 0 Å². The van der Waals surface area contributed by atoms with Gasteiger partial charge in [-0.3, -0.25) is 5.26 Å². The molecule has 0 spiro atoms. The van der Waals surface area contributed by atoms with E-state index < -0.39 is 0 Å². The lowest BCUT2D eigenvalue weighted by Gasteiger charge is -2.16. The van der Waals surface area contributed by atoms with Crippen molar-refractivity contribution < 1.29 is 10.1 Å². The first kappa shape index (κ1) is 6.92. The van der Waals surface area contributed by atoms with Gasteiger partial charge >= 0.3 is 0 Å². The van der Waals surface area contributed by atoms with Gasteiger partial charge in [0.15, 0.2) is 0 Å². The zero-order chi connectivity index (χ0) is 5.91. The van der Waals surface area contributed by atoms with Crippen molar-refractivity contribution in [3.63, 3.8) is 0 Å². The summed E-state index contributed by atoms with van der Waals surface area (Å²) in [6, 6.07) is 0. The van der Waals surface area contributed by atoms with E-state index in [2.05, 4.69) is 4.89 Å². The zero-order valence-electron chi connectivity index (χ0n) is 5.06. The first-order valence-electron chi connectivity index (χ1n) is 2.45. The fraction of sp³-hybridized carbons (Fsp3) is 1.00. The van der Waals surface area contributed by atoms with Crippen LogP contribution in [-0.2, 0) is 4.89 Å². The van der Waals surface area contributed by atoms with E-state index in [4.69, 9.17) is 5.26 Å². The first-order valence-corrected chi connectivity index (χ1v) is 2.45. The molecule has 0 atom stereocenters. The third kappa shape index (κ3) is 2.60. The molecule has 7 heavy (non-hydrogen) atoms. The van der Waals surface area contributed by atoms with E-state index in [0.717, 1.165) is 6.42 Å². The van der Waals surface area contributed by atoms with Crippen LogP contribution in [0.4, 0.5) is 0 Å². The molecule has 0 heterocycles. The van der Waals surface area contributed by atoms with E-state index in [9.17, 15) is 0 Å². The third-order valence-electron chi connectivity index (χ3n) is 1.10. The van der Waals surface area contributed by atoms with Crippen LogP contribution in [-0.4, -0.2) is 10.9 Å². The minimum atomic E-state index is -0.361. The molecule has 2 nitrogen and oxygen atoms in total. The smallest absolute Gasteiger partial charge is 0.0974 e. The summed E-state index contributed by atoms with van der Waals surface area (Å²) in [7, 11) is 0. The number of hydrogen-bond acceptors (Lipinski definition) is 2. The van der Waals surface area contributed by atoms with Crippen molar-refractivity contribution in [1.82, 2.24) is 0 Å². The van der Waals surface area contributed by atoms with Gasteiger partial charge < -0.3 is 0 Å². The van der Waals surface area contributed by atoms with Crippen molar-refractivity contribution in [2.24, 2.45) is 0 Å². The van der Waals surface area contributed by atoms with E-state index >= 15 is 0 Å². The van der Waals surface area contributed by atoms with Gasteiger partial charge in [0.2, 0.25) is 0 Å². The molecule has 0 aromatic heterocycles. The second-order valence-corrected chi connectivity index (χ2v) is 2.20. The Bertz CT molecular complexity index is 44.0. The molecular weight excluding hydrogens is 92.1 g/mol. The van der Waals surface area contributed by atoms with E-state index in [1.165, 1.54) is 0 Å². The largest absolute Gasteiger partial charge is 0.251 e. The van der Waals surface area contributed by atoms with E-state index in [0.29, 0.717) is 0 Å². The molecule has 0 saturated carbocycles. The highest BCUT2D eigenvalue weighted by atomic mass is 17.1. The number of hydrogen-bond donors (Lipinski definition) is 1. The SMILES string of the molecule is CCC(C)(C)OO. The van der Waals surface area contributed by atoms with Crippen LogP contribution in [0.3, 0.4) is 0 Å². The lowest BCUT2D eigenvalue weighted by atomic mass is 10.1. The molecule has 0 amide bonds. The Morgan fingerprint density at radius 3 is 2.00 bits per heavy atom. The fourth-order valence-corrected chi connectivity index (χ4v) is 0.0645. The lowest BCUT2D eigenvalue weighted by Crippen LogP contribution is -2.20. The van der Waals surface area contributed by atoms with Gasteiger partial charge in [-0.05, 0) is 20.3 Å². The summed E-state index contributed by atoms with van der Waals surface area (Å²) < 4.78 is 0. The van der Waals surface area contributed by atoms with Crippen LogP contribution in [0.15, 0.2) is 0 Å². The summed E-state index contributed by atoms with van der Waals surface area (Å²) in [5.74, 6) is 0. The van der Waals surface area contributed by atoms with Crippen molar-refractivity contribution in [2.45, 2.75) is 32.8 Å². The molecule has 44 valence electrons. The van der Waals surface area contributed by atoms with Gasteiger partial charge in [0.05, 0.1) is 5.60 Å². The Kier molecular flexibility index (Phi) is 2.26. The van der Waals surface area contributed by atoms with Gasteiger partial charge in [-0.1, -0.05) is 6.92 Å². The average Bonchev–Trinajstić information content (AvgIpc) is 1.68. The predicted octanol–water partition coefficient (Wildman–Crippen LogP) is 1.66. The summed E-state index contributed by atoms with van der Waals surface area (Å²) >= 11 is 0. The topological polar surface area (TPSA) is 29.5 Å². The van der Waals surface area contributed by atoms with Crippen LogP contribution in [0.2, 0.25) is 0 Å². The van der Waals surface area contributed by atoms with Crippen molar-refractivity contribution >= 4 is 0 Å². The van der Waals surface area contributed by atoms with Crippen molar-refractivity contribution in [2.75, 3.05) is 0 Å². The standard InChI is InChI=1S/C5H12O2/c1-4-5(2,3)7-6/h6H,4H2,1-3H3. The number of rotatable bonds is 2. The Labute approximate surface area is 44.0 Å². The molecular formula is C5H12O2. The molecule has 0 aliphatic rings. The highest BCUT2D eigenvalue weighted by Gasteiger charge is 2.13. The van der Waals surface area contributed by atoms with Crippen LogP contribution in [0.5, 0.6) is 0 Å². The molecule has 0 aromatic rings. The molecule has 0 aromatic carbocycles. The second kappa shape index (κ2) is 2.28. The summed E-state index contributed by atoms with van der Waals surface area (Å²) in [4.78, 5) is 4.09. The molecule has 0 rings (SSSR count). The molecule has 0 aliphatic carbocycles. The quantitative estimate of drug-likeness (QED) is 0.426. The molecule has 0 bridgehead atoms. The van der Waals surface area contributed by atoms with Gasteiger partial charge in [-0.2, -0.15) is 0 Å². The van der Waals surface area contributed by atoms with E-state index in [1.807, 2.05) is 20.8 Å². The molecule has 1 N–H and O–H groups in total. The summed E-state index contributed by atoms with van der Waals surface area (Å²) in [6.07, 6.45) is 0.823. The highest BCUT2D eigenvalue weighted by Crippen LogP contribution is 2.10. The maximum absolute atomic E-state index is 8.09. The molecule has 0 radical (unpaired) electrons. The van der Waals surface area contributed by atoms with Crippen LogP contribution in [0.1, 0.15) is 27.2 Å². The normalized spacial score (nSPS) is 12.0. The fourth-order valence-electron chi connectivity index (χ4n) is 0.0645. The molecule has 0 saturated heterocycles. The molecule has 0 fully saturated rings. The third-order valence-corrected chi connectivity index (χ3v) is 1.10. The Balaban J connectivity index is 3.36. The van der Waals surface area contributed by atoms with Crippen LogP contribution in [0, 0.1) is 0 Å². The van der Waals surface area contributed by atoms with Gasteiger partial charge in [0.1, 0.15) is 0 Å². The minimum Gasteiger partial charge on any atom is -0.251 e. The maximum Gasteiger partial charge on any atom is 0.0974 e. The first-order chi connectivity index (χ1) is 3.12. The van der Waals surface area contributed by atoms with Crippen LogP contribution >= 0.6 is 0 Å². The van der Waals surface area contributed by atoms with Crippen molar-refractivity contribution in [1.29, 1.82) is 0 Å². The Hall–Kier alpha value is -0.0800. The lowest BCUT2D eigenvalue weighted by molar-refractivity contribution is -0.313. The van der Waals surface area contributed by atoms with E-state index in [-0.39, 0.29) is 5.60 Å². The van der Waals surface area contributed by atoms with E-state index in [1.54, 1.807) is 0 Å². The van der Waals surface area contributed by atoms with Gasteiger partial charge in [0, 0.05) is 0 Å². The predicted molar refractivity (Wildman–Crippen MR) is 28.1 cm³/mol. The van der Waals surface area contributed by atoms with Crippen LogP contribution in [0.25, 0.3) is 0 Å². The maximum atomic E-state index is 8.09. The molecule has 2 heteroatoms. The minimum absolute atomic E-state index is 0.361. The average molecular weight is 104 g/mol. The summed E-state index contributed by atoms with van der Waals surface area (Å²) in [5, 5.41) is 8.09. The second-order valence-electron chi connectivity index (χ2n) is 2.20. The summed E-state index contributed by atoms with van der Waals surface area (Å²) in [6.45, 7) is 5.61. The van der Waals surface area contributed by atoms with Gasteiger partial charge in [-0.15, -0.1) is 0 Å². The van der Waals surface area contributed by atoms with Gasteiger partial charge in [0.25, 0.3) is 0 Å². The van der Waals surface area contributed by atoms with Gasteiger partial charge in [-0.25, -0.2) is 4.89 Å². The Morgan fingerprint density at radius 2 is 2.00 bits per heavy atom. The Morgan fingerprint density at radius 1 is 1.57 bits per heavy atom. The summed E-state index contributed by atoms with van der Waals surface area (Å²) in [5.41, 5.74) is -0.361. The monoisotopic (exact) mass is 104 g/mol. The van der Waals surface area contributed by atoms with Crippen LogP contribution < -0.4 is 0 Å². The zero-order valence-corrected chi connectivity index (χ0v) is 5.06. The van der Waals surface area contributed by atoms with Crippen molar-refractivity contribution in [3.05, 3.63) is 0 Å². The molecule has 0 aliphatic heterocycles. The molecule has 0 unspecified atom stereocenters. The highest BCUT2D eigenvalue weighted by molar-refractivity contribution is 4.61.